The van der Waals surface area contributed by atoms with Crippen LogP contribution in [0.5, 0.6) is 0 Å². The predicted octanol–water partition coefficient (Wildman–Crippen LogP) is 3.33. The van der Waals surface area contributed by atoms with E-state index in [2.05, 4.69) is 46.1 Å². The number of ether oxygens (including phenoxy) is 1. The van der Waals surface area contributed by atoms with Crippen LogP contribution >= 0.6 is 15.9 Å². The molecule has 1 heterocycles. The maximum atomic E-state index is 5.93. The van der Waals surface area contributed by atoms with Crippen molar-refractivity contribution in [2.45, 2.75) is 25.8 Å². The van der Waals surface area contributed by atoms with Crippen LogP contribution in [0.2, 0.25) is 0 Å². The Morgan fingerprint density at radius 3 is 2.89 bits per heavy atom. The Balaban J connectivity index is 2.02. The van der Waals surface area contributed by atoms with E-state index in [1.54, 1.807) is 0 Å². The molecule has 19 heavy (non-hydrogen) atoms. The molecular formula is C15H23BrN2O. The first kappa shape index (κ1) is 14.8. The first-order valence-electron chi connectivity index (χ1n) is 6.92. The molecule has 0 aliphatic carbocycles. The van der Waals surface area contributed by atoms with Gasteiger partial charge in [0.25, 0.3) is 0 Å². The van der Waals surface area contributed by atoms with Crippen molar-refractivity contribution in [3.8, 4) is 0 Å². The molecule has 0 bridgehead atoms. The summed E-state index contributed by atoms with van der Waals surface area (Å²) in [5, 5.41) is 0. The Hall–Kier alpha value is -0.580. The van der Waals surface area contributed by atoms with E-state index in [1.807, 2.05) is 6.92 Å². The lowest BCUT2D eigenvalue weighted by atomic mass is 10.0. The summed E-state index contributed by atoms with van der Waals surface area (Å²) in [4.78, 5) is 2.30. The van der Waals surface area contributed by atoms with Gasteiger partial charge in [0.2, 0.25) is 0 Å². The van der Waals surface area contributed by atoms with E-state index in [9.17, 15) is 0 Å². The summed E-state index contributed by atoms with van der Waals surface area (Å²) in [6.07, 6.45) is 2.45. The number of rotatable bonds is 4. The van der Waals surface area contributed by atoms with Gasteiger partial charge in [-0.1, -0.05) is 22.0 Å². The van der Waals surface area contributed by atoms with Gasteiger partial charge in [-0.3, -0.25) is 0 Å². The van der Waals surface area contributed by atoms with Crippen LogP contribution in [-0.4, -0.2) is 26.8 Å². The van der Waals surface area contributed by atoms with Crippen LogP contribution in [0.15, 0.2) is 22.7 Å². The van der Waals surface area contributed by atoms with Crippen molar-refractivity contribution < 1.29 is 4.74 Å². The van der Waals surface area contributed by atoms with Gasteiger partial charge in [0, 0.05) is 36.4 Å². The second-order valence-electron chi connectivity index (χ2n) is 5.46. The number of hydrogen-bond acceptors (Lipinski definition) is 3. The minimum Gasteiger partial charge on any atom is -0.381 e. The first-order chi connectivity index (χ1) is 9.08. The van der Waals surface area contributed by atoms with Gasteiger partial charge in [-0.15, -0.1) is 0 Å². The molecular weight excluding hydrogens is 304 g/mol. The molecule has 2 N–H and O–H groups in total. The number of nitrogens with two attached hydrogens (primary N) is 1. The third-order valence-electron chi connectivity index (χ3n) is 3.70. The Bertz CT molecular complexity index is 417. The molecule has 1 aromatic carbocycles. The molecule has 2 rings (SSSR count). The highest BCUT2D eigenvalue weighted by molar-refractivity contribution is 9.10. The van der Waals surface area contributed by atoms with Gasteiger partial charge in [-0.25, -0.2) is 0 Å². The van der Waals surface area contributed by atoms with Crippen LogP contribution in [-0.2, 0) is 4.74 Å². The SMILES string of the molecule is CC(N)c1ccc(N(C)CC2CCCOC2)cc1Br. The maximum absolute atomic E-state index is 5.93. The molecule has 0 amide bonds. The Morgan fingerprint density at radius 1 is 1.53 bits per heavy atom. The standard InChI is InChI=1S/C15H23BrN2O/c1-11(17)14-6-5-13(8-15(14)16)18(2)9-12-4-3-7-19-10-12/h5-6,8,11-12H,3-4,7,9-10,17H2,1-2H3. The van der Waals surface area contributed by atoms with Crippen LogP contribution in [0.1, 0.15) is 31.4 Å². The molecule has 2 atom stereocenters. The number of nitrogens with zero attached hydrogens (tertiary/aromatic N) is 1. The topological polar surface area (TPSA) is 38.5 Å². The minimum atomic E-state index is 0.0560. The normalized spacial score (nSPS) is 21.2. The largest absolute Gasteiger partial charge is 0.381 e. The second-order valence-corrected chi connectivity index (χ2v) is 6.31. The van der Waals surface area contributed by atoms with E-state index >= 15 is 0 Å². The molecule has 1 aliphatic rings. The maximum Gasteiger partial charge on any atom is 0.0511 e. The molecule has 3 nitrogen and oxygen atoms in total. The molecule has 0 spiro atoms. The van der Waals surface area contributed by atoms with Gasteiger partial charge in [-0.2, -0.15) is 0 Å². The number of benzene rings is 1. The molecule has 2 unspecified atom stereocenters. The van der Waals surface area contributed by atoms with Crippen molar-refractivity contribution in [1.82, 2.24) is 0 Å². The van der Waals surface area contributed by atoms with Gasteiger partial charge >= 0.3 is 0 Å². The van der Waals surface area contributed by atoms with Crippen LogP contribution in [0, 0.1) is 5.92 Å². The molecule has 1 fully saturated rings. The molecule has 0 saturated carbocycles. The molecule has 106 valence electrons. The highest BCUT2D eigenvalue weighted by Gasteiger charge is 2.16. The van der Waals surface area contributed by atoms with Gasteiger partial charge < -0.3 is 15.4 Å². The van der Waals surface area contributed by atoms with Crippen LogP contribution in [0.25, 0.3) is 0 Å². The smallest absolute Gasteiger partial charge is 0.0511 e. The fourth-order valence-corrected chi connectivity index (χ4v) is 3.29. The van der Waals surface area contributed by atoms with E-state index in [4.69, 9.17) is 10.5 Å². The molecule has 1 aromatic rings. The van der Waals surface area contributed by atoms with E-state index in [0.717, 1.165) is 29.8 Å². The van der Waals surface area contributed by atoms with Crippen molar-refractivity contribution >= 4 is 21.6 Å². The third-order valence-corrected chi connectivity index (χ3v) is 4.39. The average molecular weight is 327 g/mol. The van der Waals surface area contributed by atoms with Crippen molar-refractivity contribution in [2.24, 2.45) is 11.7 Å². The Labute approximate surface area is 124 Å². The summed E-state index contributed by atoms with van der Waals surface area (Å²) in [5.74, 6) is 0.644. The van der Waals surface area contributed by atoms with E-state index in [1.165, 1.54) is 18.5 Å². The summed E-state index contributed by atoms with van der Waals surface area (Å²) in [6, 6.07) is 6.47. The molecule has 0 radical (unpaired) electrons. The van der Waals surface area contributed by atoms with Crippen molar-refractivity contribution in [3.05, 3.63) is 28.2 Å². The summed E-state index contributed by atoms with van der Waals surface area (Å²) in [7, 11) is 2.14. The minimum absolute atomic E-state index is 0.0560. The zero-order valence-corrected chi connectivity index (χ0v) is 13.3. The monoisotopic (exact) mass is 326 g/mol. The van der Waals surface area contributed by atoms with Gasteiger partial charge in [0.05, 0.1) is 6.61 Å². The van der Waals surface area contributed by atoms with E-state index in [-0.39, 0.29) is 6.04 Å². The number of anilines is 1. The van der Waals surface area contributed by atoms with E-state index < -0.39 is 0 Å². The summed E-state index contributed by atoms with van der Waals surface area (Å²) in [6.45, 7) is 4.87. The Kier molecular flexibility index (Phi) is 5.25. The predicted molar refractivity (Wildman–Crippen MR) is 83.6 cm³/mol. The van der Waals surface area contributed by atoms with Crippen LogP contribution in [0.3, 0.4) is 0 Å². The average Bonchev–Trinajstić information content (AvgIpc) is 2.39. The lowest BCUT2D eigenvalue weighted by molar-refractivity contribution is 0.0576. The second kappa shape index (κ2) is 6.73. The zero-order valence-electron chi connectivity index (χ0n) is 11.7. The van der Waals surface area contributed by atoms with Gasteiger partial charge in [-0.05, 0) is 43.4 Å². The molecule has 4 heteroatoms. The highest BCUT2D eigenvalue weighted by Crippen LogP contribution is 2.28. The molecule has 1 saturated heterocycles. The van der Waals surface area contributed by atoms with Crippen molar-refractivity contribution in [3.63, 3.8) is 0 Å². The van der Waals surface area contributed by atoms with Gasteiger partial charge in [0.1, 0.15) is 0 Å². The molecule has 1 aliphatic heterocycles. The Morgan fingerprint density at radius 2 is 2.32 bits per heavy atom. The lowest BCUT2D eigenvalue weighted by Crippen LogP contribution is -2.30. The number of hydrogen-bond donors (Lipinski definition) is 1. The quantitative estimate of drug-likeness (QED) is 0.922. The lowest BCUT2D eigenvalue weighted by Gasteiger charge is -2.28. The highest BCUT2D eigenvalue weighted by atomic mass is 79.9. The summed E-state index contributed by atoms with van der Waals surface area (Å²) < 4.78 is 6.63. The first-order valence-corrected chi connectivity index (χ1v) is 7.71. The van der Waals surface area contributed by atoms with Crippen molar-refractivity contribution in [1.29, 1.82) is 0 Å². The fraction of sp³-hybridized carbons (Fsp3) is 0.600. The fourth-order valence-electron chi connectivity index (χ4n) is 2.57. The zero-order chi connectivity index (χ0) is 13.8. The van der Waals surface area contributed by atoms with Crippen LogP contribution < -0.4 is 10.6 Å². The molecule has 0 aromatic heterocycles. The summed E-state index contributed by atoms with van der Waals surface area (Å²) >= 11 is 3.61. The van der Waals surface area contributed by atoms with E-state index in [0.29, 0.717) is 5.92 Å². The third kappa shape index (κ3) is 3.94. The van der Waals surface area contributed by atoms with Gasteiger partial charge in [0.15, 0.2) is 0 Å². The van der Waals surface area contributed by atoms with Crippen LogP contribution in [0.4, 0.5) is 5.69 Å². The summed E-state index contributed by atoms with van der Waals surface area (Å²) in [5.41, 5.74) is 8.30. The van der Waals surface area contributed by atoms with Crippen molar-refractivity contribution in [2.75, 3.05) is 31.7 Å². The number of halogens is 1.